The van der Waals surface area contributed by atoms with Gasteiger partial charge < -0.3 is 13.5 Å². The Bertz CT molecular complexity index is 144. The van der Waals surface area contributed by atoms with Crippen LogP contribution in [0.4, 0.5) is 0 Å². The third kappa shape index (κ3) is 31.5. The fourth-order valence-electron chi connectivity index (χ4n) is 0.0544. The Morgan fingerprint density at radius 3 is 1.00 bits per heavy atom. The Hall–Kier alpha value is 3.97. The van der Waals surface area contributed by atoms with Crippen molar-refractivity contribution < 1.29 is 37.7 Å². The molecule has 0 saturated carbocycles. The second-order valence-corrected chi connectivity index (χ2v) is 14.3. The van der Waals surface area contributed by atoms with E-state index < -0.39 is 9.35 Å². The van der Waals surface area contributed by atoms with Gasteiger partial charge in [0, 0.05) is 0 Å². The van der Waals surface area contributed by atoms with Crippen LogP contribution in [0.5, 0.6) is 0 Å². The van der Waals surface area contributed by atoms with E-state index in [-0.39, 0.29) is 70.1 Å². The van der Waals surface area contributed by atoms with Crippen molar-refractivity contribution in [1.29, 1.82) is 0 Å². The summed E-state index contributed by atoms with van der Waals surface area (Å²) in [5.41, 5.74) is 0. The van der Waals surface area contributed by atoms with Crippen LogP contribution in [-0.4, -0.2) is 18.9 Å². The summed E-state index contributed by atoms with van der Waals surface area (Å²) in [5.74, 6) is 0. The molecule has 0 aliphatic carbocycles. The van der Waals surface area contributed by atoms with Gasteiger partial charge in [-0.3, -0.25) is 0 Å². The number of rotatable bonds is 2. The minimum absolute atomic E-state index is 0. The van der Waals surface area contributed by atoms with Crippen molar-refractivity contribution >= 4 is 99.9 Å². The maximum Gasteiger partial charge on any atom is -2.00 e. The van der Waals surface area contributed by atoms with Gasteiger partial charge in [0.25, 0.3) is 0 Å². The van der Waals surface area contributed by atoms with Crippen LogP contribution >= 0.6 is 20.3 Å². The molecule has 0 saturated heterocycles. The molecule has 0 fully saturated rings. The first kappa shape index (κ1) is 29.4. The molecule has 0 aliphatic rings. The van der Waals surface area contributed by atoms with E-state index >= 15 is 0 Å². The number of hydrogen-bond acceptors (Lipinski definition) is 5. The molecule has 0 heterocycles. The first-order valence-electron chi connectivity index (χ1n) is 1.10. The molecule has 50 valence electrons. The summed E-state index contributed by atoms with van der Waals surface area (Å²) < 4.78 is -1.47. The van der Waals surface area contributed by atoms with Gasteiger partial charge in [0.15, 0.2) is 0 Å². The van der Waals surface area contributed by atoms with Crippen LogP contribution in [0, 0.1) is 0 Å². The molecule has 11 heavy (non-hydrogen) atoms. The molecule has 0 spiro atoms. The molecular formula is HLi3P2S6. The average Bonchev–Trinajstić information content (AvgIpc) is 1.27. The Morgan fingerprint density at radius 1 is 0.818 bits per heavy atom. The fourth-order valence-corrected chi connectivity index (χ4v) is 13.2. The fraction of sp³-hybridized carbons (Fsp3) is 0. The van der Waals surface area contributed by atoms with E-state index in [4.69, 9.17) is 0 Å². The van der Waals surface area contributed by atoms with Gasteiger partial charge in [-0.05, 0) is 58.2 Å². The zero-order chi connectivity index (χ0) is 5.86. The van der Waals surface area contributed by atoms with E-state index in [1.54, 1.807) is 0 Å². The van der Waals surface area contributed by atoms with Gasteiger partial charge in [-0.2, -0.15) is 0 Å². The summed E-state index contributed by atoms with van der Waals surface area (Å²) >= 11 is 20.1. The van der Waals surface area contributed by atoms with E-state index in [9.17, 15) is 0 Å². The van der Waals surface area contributed by atoms with Gasteiger partial charge in [-0.25, -0.2) is 0 Å². The summed E-state index contributed by atoms with van der Waals surface area (Å²) in [7, 11) is 0. The van der Waals surface area contributed by atoms with E-state index in [1.807, 2.05) is 0 Å². The topological polar surface area (TPSA) is 0 Å². The molecule has 0 aromatic heterocycles. The predicted molar refractivity (Wildman–Crippen MR) is 65.4 cm³/mol. The molecule has 0 aliphatic heterocycles. The van der Waals surface area contributed by atoms with Crippen molar-refractivity contribution in [2.24, 2.45) is 0 Å². The maximum absolute atomic E-state index is 4.68. The van der Waals surface area contributed by atoms with Crippen molar-refractivity contribution in [2.45, 2.75) is 0 Å². The molecule has 11 heteroatoms. The zero-order valence-electron chi connectivity index (χ0n) is 5.34. The standard InChI is InChI=1S/3Li.P2S5.S.H/c;;;3-1(4)7-2(5)6;;/q;2*+1;;-2;. The Kier molecular flexibility index (Phi) is 52.2. The van der Waals surface area contributed by atoms with Gasteiger partial charge in [0.1, 0.15) is 0 Å². The van der Waals surface area contributed by atoms with Crippen LogP contribution in [-0.2, 0) is 60.7 Å². The number of hydrogen-bond donors (Lipinski definition) is 0. The normalized spacial score (nSPS) is 5.09. The van der Waals surface area contributed by atoms with E-state index in [0.29, 0.717) is 0 Å². The summed E-state index contributed by atoms with van der Waals surface area (Å²) in [6.45, 7) is 0. The molecule has 0 radical (unpaired) electrons. The molecular weight excluding hydrogens is 275 g/mol. The largest absolute Gasteiger partial charge is 2.00 e. The summed E-state index contributed by atoms with van der Waals surface area (Å²) in [5, 5.41) is 0. The van der Waals surface area contributed by atoms with Crippen molar-refractivity contribution in [3.8, 4) is 0 Å². The second-order valence-electron chi connectivity index (χ2n) is 0.529. The van der Waals surface area contributed by atoms with Crippen LogP contribution in [0.2, 0.25) is 0 Å². The average molecular weight is 276 g/mol. The first-order valence-corrected chi connectivity index (χ1v) is 9.86. The van der Waals surface area contributed by atoms with Crippen LogP contribution in [0.3, 0.4) is 0 Å². The van der Waals surface area contributed by atoms with Crippen LogP contribution in [0.25, 0.3) is 0 Å². The first-order chi connectivity index (χ1) is 3.13. The van der Waals surface area contributed by atoms with Crippen molar-refractivity contribution in [2.75, 3.05) is 0 Å². The summed E-state index contributed by atoms with van der Waals surface area (Å²) in [6, 6.07) is 0. The molecule has 0 aromatic rings. The minimum atomic E-state index is -0.736. The van der Waals surface area contributed by atoms with E-state index in [2.05, 4.69) is 47.2 Å². The smallest absolute Gasteiger partial charge is 2.00 e. The molecule has 0 amide bonds. The van der Waals surface area contributed by atoms with Crippen LogP contribution < -0.4 is 37.7 Å². The molecule has 0 N–H and O–H groups in total. The third-order valence-electron chi connectivity index (χ3n) is 0.133. The minimum Gasteiger partial charge on any atom is -2.00 e. The second kappa shape index (κ2) is 19.5. The molecule has 0 atom stereocenters. The monoisotopic (exact) mass is 276 g/mol. The SMILES string of the molecule is S=P(=S)SP(=S)=S.[Li+].[Li+].[LiH].[S-2]. The van der Waals surface area contributed by atoms with Gasteiger partial charge in [-0.1, -0.05) is 0 Å². The van der Waals surface area contributed by atoms with Crippen molar-refractivity contribution in [3.05, 3.63) is 0 Å². The maximum atomic E-state index is 4.68. The molecule has 0 nitrogen and oxygen atoms in total. The predicted octanol–water partition coefficient (Wildman–Crippen LogP) is -4.28. The van der Waals surface area contributed by atoms with Gasteiger partial charge in [0.2, 0.25) is 0 Å². The molecule has 0 unspecified atom stereocenters. The van der Waals surface area contributed by atoms with Crippen LogP contribution in [0.15, 0.2) is 0 Å². The van der Waals surface area contributed by atoms with Gasteiger partial charge in [-0.15, -0.1) is 0 Å². The van der Waals surface area contributed by atoms with Crippen LogP contribution in [0.1, 0.15) is 0 Å². The Labute approximate surface area is 135 Å². The van der Waals surface area contributed by atoms with Gasteiger partial charge in [0.05, 0.1) is 9.35 Å². The summed E-state index contributed by atoms with van der Waals surface area (Å²) in [4.78, 5) is 0. The quantitative estimate of drug-likeness (QED) is 0.369. The molecule has 0 bridgehead atoms. The van der Waals surface area contributed by atoms with Crippen molar-refractivity contribution in [3.63, 3.8) is 0 Å². The van der Waals surface area contributed by atoms with E-state index in [1.165, 1.54) is 11.0 Å². The zero-order valence-corrected chi connectivity index (χ0v) is 12.0. The molecule has 0 aromatic carbocycles. The Morgan fingerprint density at radius 2 is 1.00 bits per heavy atom. The van der Waals surface area contributed by atoms with Gasteiger partial charge >= 0.3 is 56.6 Å². The van der Waals surface area contributed by atoms with Crippen molar-refractivity contribution in [1.82, 2.24) is 0 Å². The van der Waals surface area contributed by atoms with E-state index in [0.717, 1.165) is 0 Å². The summed E-state index contributed by atoms with van der Waals surface area (Å²) in [6.07, 6.45) is 0. The molecule has 0 rings (SSSR count). The third-order valence-corrected chi connectivity index (χ3v) is 10.8. The Balaban J connectivity index is -0.0000000300.